The quantitative estimate of drug-likeness (QED) is 0.145. The summed E-state index contributed by atoms with van der Waals surface area (Å²) in [4.78, 5) is 14.0. The smallest absolute Gasteiger partial charge is 0.509 e. The van der Waals surface area contributed by atoms with Crippen LogP contribution in [-0.4, -0.2) is 4.98 Å². The van der Waals surface area contributed by atoms with Crippen molar-refractivity contribution in [3.05, 3.63) is 164 Å². The topological polar surface area (TPSA) is 35.1 Å². The van der Waals surface area contributed by atoms with Gasteiger partial charge in [0.1, 0.15) is 11.5 Å². The van der Waals surface area contributed by atoms with Crippen LogP contribution in [0.25, 0.3) is 11.1 Å². The van der Waals surface area contributed by atoms with Gasteiger partial charge in [0, 0.05) is 40.2 Å². The Labute approximate surface area is 276 Å². The maximum absolute atomic E-state index is 6.34. The first-order valence-corrected chi connectivity index (χ1v) is 14.6. The molecule has 5 aromatic carbocycles. The third-order valence-corrected chi connectivity index (χ3v) is 8.95. The fraction of sp³-hybridized carbons (Fsp3) is 0.0263. The van der Waals surface area contributed by atoms with Gasteiger partial charge in [0.25, 0.3) is 0 Å². The number of fused-ring (bicyclic) bond motifs is 23. The molecule has 45 heavy (non-hydrogen) atoms. The monoisotopic (exact) mass is 760 g/mol. The van der Waals surface area contributed by atoms with Gasteiger partial charge in [-0.15, -0.1) is 55.4 Å². The van der Waals surface area contributed by atoms with Crippen LogP contribution in [-0.2, 0) is 26.7 Å². The molecule has 0 atom stereocenters. The summed E-state index contributed by atoms with van der Waals surface area (Å²) in [6.07, 6.45) is 1.85. The molecule has 1 aromatic heterocycles. The molecule has 7 heteroatoms. The average Bonchev–Trinajstić information content (AvgIpc) is 3.74. The number of aromatic nitrogens is 1. The molecule has 0 unspecified atom stereocenters. The molecule has 8 bridgehead atoms. The predicted octanol–water partition coefficient (Wildman–Crippen LogP) is 8.52. The van der Waals surface area contributed by atoms with E-state index in [0.717, 1.165) is 34.3 Å². The van der Waals surface area contributed by atoms with Crippen molar-refractivity contribution in [2.24, 2.45) is 0 Å². The van der Waals surface area contributed by atoms with Gasteiger partial charge in [0.2, 0.25) is 0 Å². The Morgan fingerprint density at radius 2 is 1.11 bits per heavy atom. The Kier molecular flexibility index (Phi) is 5.69. The van der Waals surface area contributed by atoms with Crippen molar-refractivity contribution in [3.63, 3.8) is 0 Å². The molecule has 0 saturated heterocycles. The van der Waals surface area contributed by atoms with E-state index in [0.29, 0.717) is 11.5 Å². The van der Waals surface area contributed by atoms with E-state index in [-0.39, 0.29) is 21.1 Å². The molecule has 0 N–H and O–H groups in total. The minimum Gasteiger partial charge on any atom is -0.509 e. The Hall–Kier alpha value is -5.06. The number of hydrogen-bond acceptors (Lipinski definition) is 6. The van der Waals surface area contributed by atoms with E-state index in [1.807, 2.05) is 42.6 Å². The SMILES string of the molecule is [Pt+4].[c-]1c2cccc1N1[CH-]N(c3ccccc31)C1(c3ccccc3-c3ccccc31)N1[CH-]N(c3[c-]c(ccc3)O2)c2ncccc21. The van der Waals surface area contributed by atoms with Gasteiger partial charge in [-0.2, -0.15) is 12.1 Å². The zero-order chi connectivity index (χ0) is 28.8. The molecule has 1 spiro atoms. The van der Waals surface area contributed by atoms with Crippen LogP contribution < -0.4 is 24.3 Å². The van der Waals surface area contributed by atoms with Gasteiger partial charge >= 0.3 is 21.1 Å². The van der Waals surface area contributed by atoms with Crippen molar-refractivity contribution in [2.45, 2.75) is 5.66 Å². The Balaban J connectivity index is 0.00000281. The maximum Gasteiger partial charge on any atom is 4.00 e. The van der Waals surface area contributed by atoms with Crippen LogP contribution >= 0.6 is 0 Å². The minimum absolute atomic E-state index is 0. The first-order chi connectivity index (χ1) is 21.8. The summed E-state index contributed by atoms with van der Waals surface area (Å²) >= 11 is 0. The fourth-order valence-corrected chi connectivity index (χ4v) is 7.21. The molecule has 0 saturated carbocycles. The normalized spacial score (nSPS) is 15.8. The zero-order valence-corrected chi connectivity index (χ0v) is 26.0. The molecule has 0 radical (unpaired) electrons. The van der Waals surface area contributed by atoms with E-state index in [4.69, 9.17) is 9.72 Å². The Bertz CT molecular complexity index is 1980. The molecule has 10 rings (SSSR count). The Morgan fingerprint density at radius 3 is 1.82 bits per heavy atom. The first kappa shape index (κ1) is 26.3. The second kappa shape index (κ2) is 9.72. The number of rotatable bonds is 0. The summed E-state index contributed by atoms with van der Waals surface area (Å²) in [5.41, 5.74) is 8.85. The van der Waals surface area contributed by atoms with Crippen molar-refractivity contribution in [3.8, 4) is 22.6 Å². The van der Waals surface area contributed by atoms with Crippen LogP contribution in [0.15, 0.2) is 128 Å². The third-order valence-electron chi connectivity index (χ3n) is 8.95. The van der Waals surface area contributed by atoms with Crippen LogP contribution in [0, 0.1) is 25.5 Å². The number of anilines is 6. The third kappa shape index (κ3) is 3.52. The molecule has 6 aromatic rings. The van der Waals surface area contributed by atoms with Crippen LogP contribution in [0.4, 0.5) is 34.3 Å². The van der Waals surface area contributed by atoms with Crippen molar-refractivity contribution in [1.29, 1.82) is 0 Å². The molecule has 216 valence electrons. The number of nitrogens with zero attached hydrogens (tertiary/aromatic N) is 5. The van der Waals surface area contributed by atoms with Gasteiger partial charge in [-0.25, -0.2) is 4.98 Å². The zero-order valence-electron chi connectivity index (χ0n) is 23.7. The van der Waals surface area contributed by atoms with Crippen molar-refractivity contribution in [2.75, 3.05) is 19.6 Å². The first-order valence-electron chi connectivity index (χ1n) is 14.6. The number of benzene rings is 5. The molecular weight excluding hydrogens is 738 g/mol. The van der Waals surface area contributed by atoms with Gasteiger partial charge in [0.15, 0.2) is 0 Å². The van der Waals surface area contributed by atoms with E-state index in [1.54, 1.807) is 0 Å². The number of para-hydroxylation sites is 2. The Morgan fingerprint density at radius 1 is 0.556 bits per heavy atom. The van der Waals surface area contributed by atoms with E-state index in [1.165, 1.54) is 22.3 Å². The predicted molar refractivity (Wildman–Crippen MR) is 172 cm³/mol. The molecule has 0 amide bonds. The standard InChI is InChI=1S/C38H23N5O.Pt/c1-3-16-32-30(14-1)31-15-2-4-17-33(31)38(32)42-24-40(34-18-5-6-19-35(34)42)26-10-7-12-28(22-26)44-29-13-8-11-27(23-29)41-25-43(38)36-20-9-21-39-37(36)41;/h1-21,24-25H;/q-4;+4. The average molecular weight is 761 g/mol. The number of ether oxygens (including phenoxy) is 1. The van der Waals surface area contributed by atoms with Crippen LogP contribution in [0.1, 0.15) is 11.1 Å². The van der Waals surface area contributed by atoms with E-state index in [9.17, 15) is 0 Å². The second-order valence-corrected chi connectivity index (χ2v) is 11.2. The molecular formula is C38H23N5OPt. The summed E-state index contributed by atoms with van der Waals surface area (Å²) in [5.74, 6) is 2.05. The molecule has 4 heterocycles. The van der Waals surface area contributed by atoms with Crippen LogP contribution in [0.2, 0.25) is 0 Å². The summed E-state index contributed by atoms with van der Waals surface area (Å²) in [5, 5.41) is 0. The van der Waals surface area contributed by atoms with Gasteiger partial charge < -0.3 is 24.3 Å². The largest absolute Gasteiger partial charge is 4.00 e. The molecule has 4 aliphatic rings. The van der Waals surface area contributed by atoms with Gasteiger partial charge in [-0.3, -0.25) is 0 Å². The van der Waals surface area contributed by atoms with E-state index < -0.39 is 5.66 Å². The summed E-state index contributed by atoms with van der Waals surface area (Å²) in [6, 6.07) is 49.2. The van der Waals surface area contributed by atoms with Crippen LogP contribution in [0.5, 0.6) is 11.5 Å². The van der Waals surface area contributed by atoms with Gasteiger partial charge in [-0.05, 0) is 35.4 Å². The molecule has 3 aliphatic heterocycles. The molecule has 1 aliphatic carbocycles. The van der Waals surface area contributed by atoms with Gasteiger partial charge in [0.05, 0.1) is 5.69 Å². The van der Waals surface area contributed by atoms with Crippen molar-refractivity contribution in [1.82, 2.24) is 4.98 Å². The minimum atomic E-state index is -0.791. The van der Waals surface area contributed by atoms with Crippen LogP contribution in [0.3, 0.4) is 0 Å². The van der Waals surface area contributed by atoms with Crippen molar-refractivity contribution >= 4 is 34.3 Å². The molecule has 6 nitrogen and oxygen atoms in total. The maximum atomic E-state index is 6.34. The molecule has 0 fully saturated rings. The number of pyridine rings is 1. The van der Waals surface area contributed by atoms with Gasteiger partial charge in [-0.1, -0.05) is 66.4 Å². The second-order valence-electron chi connectivity index (χ2n) is 11.2. The fourth-order valence-electron chi connectivity index (χ4n) is 7.21. The van der Waals surface area contributed by atoms with Crippen molar-refractivity contribution < 1.29 is 25.8 Å². The summed E-state index contributed by atoms with van der Waals surface area (Å²) in [7, 11) is 0. The summed E-state index contributed by atoms with van der Waals surface area (Å²) < 4.78 is 6.34. The van der Waals surface area contributed by atoms with E-state index in [2.05, 4.69) is 130 Å². The van der Waals surface area contributed by atoms with E-state index >= 15 is 0 Å². The number of hydrogen-bond donors (Lipinski definition) is 0. The summed E-state index contributed by atoms with van der Waals surface area (Å²) in [6.45, 7) is 4.38.